The predicted octanol–water partition coefficient (Wildman–Crippen LogP) is 6.31. The zero-order valence-electron chi connectivity index (χ0n) is 56.3. The molecule has 0 fully saturated rings. The number of halogens is 8. The molecule has 0 radical (unpaired) electrons. The zero-order chi connectivity index (χ0) is 78.6. The number of carbonyl (C=O) groups is 5. The number of aromatic nitrogens is 8. The van der Waals surface area contributed by atoms with Crippen molar-refractivity contribution in [1.29, 1.82) is 0 Å². The summed E-state index contributed by atoms with van der Waals surface area (Å²) in [5.74, 6) is -6.47. The van der Waals surface area contributed by atoms with Crippen LogP contribution in [-0.2, 0) is 83.5 Å². The van der Waals surface area contributed by atoms with Crippen LogP contribution in [0.2, 0.25) is 10.0 Å². The Kier molecular flexibility index (Phi) is 26.9. The Labute approximate surface area is 602 Å². The summed E-state index contributed by atoms with van der Waals surface area (Å²) in [4.78, 5) is 86.8. The molecule has 1 aliphatic rings. The zero-order valence-corrected chi connectivity index (χ0v) is 61.0. The van der Waals surface area contributed by atoms with Crippen LogP contribution in [0.3, 0.4) is 0 Å². The molecule has 8 aromatic rings. The smallest absolute Gasteiger partial charge is 0.416 e. The number of para-hydroxylation sites is 1. The number of sulfone groups is 1. The van der Waals surface area contributed by atoms with Crippen LogP contribution >= 0.6 is 23.2 Å². The standard InChI is InChI=1S/C17H21N5O9S2.C16H18Cl2N2O4.C14H13F3N2O4S.C12H8F3N5O3S/c1-29-13-8-14(30-2)20-16(19-13)21-17(24)22-33(27,28)12-7-10(9-18-32(4,25)26)5-6-11(12)15(23)31-3;1-4-23-14(21)12-9-16(3,15(22)24-5-2)20(19-12)13-7-6-10(17)8-11(13)18;1-7-11(13(21)19(2)18-7)12(20)9-5-4-8(14(15,16)17)6-10(9)24(3,22)23;1-23-12-16-5-8(15)10-17-11(18-20(10)12)24(21,22)19-9-6(13)3-2-4-7(9)14/h5-8,18H,9H2,1-4H3,(H2,19,20,21,22,24);6-8H,4-5,9H2,1-3H3;4-6,18H,1-3H3;2-5,19H,1H3. The summed E-state index contributed by atoms with van der Waals surface area (Å²) >= 11 is 12.2. The Bertz CT molecular complexity index is 5220. The first-order valence-electron chi connectivity index (χ1n) is 29.2. The summed E-state index contributed by atoms with van der Waals surface area (Å²) in [7, 11) is -10.7. The topological polar surface area (TPSA) is 448 Å². The van der Waals surface area contributed by atoms with E-state index < -0.39 is 142 Å². The van der Waals surface area contributed by atoms with Crippen molar-refractivity contribution >= 4 is 122 Å². The normalized spacial score (nSPS) is 13.6. The van der Waals surface area contributed by atoms with E-state index in [0.29, 0.717) is 38.6 Å². The number of anilines is 3. The van der Waals surface area contributed by atoms with Crippen LogP contribution < -0.4 is 44.3 Å². The van der Waals surface area contributed by atoms with Crippen LogP contribution in [0.5, 0.6) is 17.8 Å². The maximum Gasteiger partial charge on any atom is 0.416 e. The van der Waals surface area contributed by atoms with E-state index in [9.17, 15) is 88.8 Å². The van der Waals surface area contributed by atoms with Crippen molar-refractivity contribution in [3.8, 4) is 17.8 Å². The molecule has 1 aliphatic heterocycles. The maximum absolute atomic E-state index is 13.7. The van der Waals surface area contributed by atoms with E-state index in [1.54, 1.807) is 48.4 Å². The fourth-order valence-electron chi connectivity index (χ4n) is 8.89. The Morgan fingerprint density at radius 2 is 1.36 bits per heavy atom. The van der Waals surface area contributed by atoms with Crippen LogP contribution in [0.25, 0.3) is 5.65 Å². The summed E-state index contributed by atoms with van der Waals surface area (Å²) in [5.41, 5.74) is -4.66. The average Bonchev–Trinajstić information content (AvgIpc) is 1.57. The number of H-pyrrole nitrogens is 1. The third-order valence-electron chi connectivity index (χ3n) is 13.7. The van der Waals surface area contributed by atoms with Gasteiger partial charge in [0.15, 0.2) is 26.8 Å². The number of methoxy groups -OCH3 is 4. The first-order valence-corrected chi connectivity index (χ1v) is 36.7. The van der Waals surface area contributed by atoms with Crippen molar-refractivity contribution in [3.63, 3.8) is 0 Å². The van der Waals surface area contributed by atoms with Crippen LogP contribution in [0.15, 0.2) is 110 Å². The molecule has 105 heavy (non-hydrogen) atoms. The maximum atomic E-state index is 13.7. The number of nitrogens with zero attached hydrogens (tertiary/aromatic N) is 9. The number of sulfonamides is 3. The molecular formula is C59H60Cl2F6N14O20S4. The molecule has 5 heterocycles. The second-order valence-electron chi connectivity index (χ2n) is 21.3. The van der Waals surface area contributed by atoms with Crippen molar-refractivity contribution in [2.24, 2.45) is 12.1 Å². The Morgan fingerprint density at radius 1 is 0.743 bits per heavy atom. The van der Waals surface area contributed by atoms with Crippen molar-refractivity contribution in [2.75, 3.05) is 69.2 Å². The van der Waals surface area contributed by atoms with Gasteiger partial charge in [0.2, 0.25) is 33.5 Å². The van der Waals surface area contributed by atoms with E-state index in [0.717, 1.165) is 60.6 Å². The number of alkyl halides is 3. The number of aromatic amines is 1. The number of hydrogen-bond donors (Lipinski definition) is 5. The number of urea groups is 1. The third-order valence-corrected chi connectivity index (χ3v) is 18.5. The lowest BCUT2D eigenvalue weighted by Crippen LogP contribution is -2.48. The SMILES string of the molecule is CCOC(=O)C1=NN(c2ccc(Cl)cc2Cl)C(C)(C(=O)OCC)C1.COC(=O)c1ccc(CNS(C)(=O)=O)cc1S(=O)(=O)NC(=O)Nc1nc(OC)cc(OC)n1.COc1ncc(F)c2nc(S(=O)(=O)Nc3c(F)cccc3F)nn12.Cc1[nH]n(C)c(=O)c1C(=O)c1ccc(C(F)(F)F)cc1S(C)(=O)=O. The molecular weight excluding hydrogens is 1540 g/mol. The molecule has 5 N–H and O–H groups in total. The van der Waals surface area contributed by atoms with E-state index >= 15 is 0 Å². The molecule has 2 amide bonds. The Balaban J connectivity index is 0.000000222. The minimum absolute atomic E-state index is 0.0408. The minimum atomic E-state index is -4.76. The van der Waals surface area contributed by atoms with Crippen molar-refractivity contribution in [3.05, 3.63) is 156 Å². The van der Waals surface area contributed by atoms with Crippen LogP contribution in [0, 0.1) is 24.4 Å². The van der Waals surface area contributed by atoms with E-state index in [1.165, 1.54) is 52.4 Å². The highest BCUT2D eigenvalue weighted by Gasteiger charge is 2.50. The van der Waals surface area contributed by atoms with Crippen molar-refractivity contribution in [2.45, 2.75) is 67.3 Å². The highest BCUT2D eigenvalue weighted by atomic mass is 35.5. The second kappa shape index (κ2) is 33.9. The molecule has 1 atom stereocenters. The van der Waals surface area contributed by atoms with Gasteiger partial charge in [-0.05, 0) is 93.9 Å². The third kappa shape index (κ3) is 20.7. The van der Waals surface area contributed by atoms with Crippen LogP contribution in [-0.4, -0.2) is 168 Å². The van der Waals surface area contributed by atoms with Crippen molar-refractivity contribution in [1.82, 2.24) is 48.8 Å². The minimum Gasteiger partial charge on any atom is -0.481 e. The molecule has 1 unspecified atom stereocenters. The Hall–Kier alpha value is -10.5. The molecule has 566 valence electrons. The summed E-state index contributed by atoms with van der Waals surface area (Å²) in [6.07, 6.45) is -2.32. The summed E-state index contributed by atoms with van der Waals surface area (Å²) in [6, 6.07) is 12.7. The number of benzene rings is 4. The van der Waals surface area contributed by atoms with Crippen LogP contribution in [0.4, 0.5) is 48.5 Å². The first kappa shape index (κ1) is 83.4. The highest BCUT2D eigenvalue weighted by Crippen LogP contribution is 2.40. The predicted molar refractivity (Wildman–Crippen MR) is 360 cm³/mol. The van der Waals surface area contributed by atoms with Crippen molar-refractivity contribution < 1.29 is 112 Å². The van der Waals surface area contributed by atoms with Gasteiger partial charge in [-0.1, -0.05) is 35.3 Å². The van der Waals surface area contributed by atoms with E-state index in [1.807, 2.05) is 0 Å². The van der Waals surface area contributed by atoms with Gasteiger partial charge in [0.25, 0.3) is 30.8 Å². The molecule has 0 saturated carbocycles. The van der Waals surface area contributed by atoms with E-state index in [2.05, 4.69) is 50.0 Å². The summed E-state index contributed by atoms with van der Waals surface area (Å²) in [5, 5.41) is 13.8. The number of amides is 2. The van der Waals surface area contributed by atoms with Gasteiger partial charge in [-0.2, -0.15) is 46.2 Å². The molecule has 9 rings (SSSR count). The lowest BCUT2D eigenvalue weighted by atomic mass is 9.95. The number of hydrazone groups is 1. The summed E-state index contributed by atoms with van der Waals surface area (Å²) in [6.45, 7) is 6.66. The summed E-state index contributed by atoms with van der Waals surface area (Å²) < 4.78 is 213. The number of rotatable bonds is 21. The molecule has 4 aromatic carbocycles. The van der Waals surface area contributed by atoms with Gasteiger partial charge in [0, 0.05) is 42.5 Å². The number of esters is 3. The lowest BCUT2D eigenvalue weighted by molar-refractivity contribution is -0.148. The number of fused-ring (bicyclic) bond motifs is 1. The highest BCUT2D eigenvalue weighted by molar-refractivity contribution is 7.92. The number of carbonyl (C=O) groups excluding carboxylic acids is 5. The van der Waals surface area contributed by atoms with Gasteiger partial charge >= 0.3 is 36.1 Å². The molecule has 0 spiro atoms. The van der Waals surface area contributed by atoms with E-state index in [4.69, 9.17) is 46.9 Å². The Morgan fingerprint density at radius 3 is 1.90 bits per heavy atom. The van der Waals surface area contributed by atoms with Gasteiger partial charge in [-0.3, -0.25) is 29.4 Å². The molecule has 4 aromatic heterocycles. The van der Waals surface area contributed by atoms with Gasteiger partial charge in [0.1, 0.15) is 33.5 Å². The van der Waals surface area contributed by atoms with E-state index in [-0.39, 0.29) is 78.0 Å². The fourth-order valence-corrected chi connectivity index (χ4v) is 12.8. The van der Waals surface area contributed by atoms with Gasteiger partial charge < -0.3 is 28.4 Å². The lowest BCUT2D eigenvalue weighted by Gasteiger charge is -2.32. The van der Waals surface area contributed by atoms with Gasteiger partial charge in [0.05, 0.1) is 86.9 Å². The molecule has 46 heteroatoms. The van der Waals surface area contributed by atoms with Gasteiger partial charge in [-0.25, -0.2) is 77.0 Å². The average molecular weight is 1600 g/mol. The number of ketones is 1. The molecule has 34 nitrogen and oxygen atoms in total. The quantitative estimate of drug-likeness (QED) is 0.0228. The fraction of sp³-hybridized carbons (Fsp3) is 0.288. The number of nitrogens with one attached hydrogen (secondary N) is 5. The first-order chi connectivity index (χ1) is 48.9. The molecule has 0 aliphatic carbocycles. The largest absolute Gasteiger partial charge is 0.481 e. The molecule has 0 saturated heterocycles. The molecule has 0 bridgehead atoms. The van der Waals surface area contributed by atoms with Crippen LogP contribution in [0.1, 0.15) is 70.3 Å². The monoisotopic (exact) mass is 1600 g/mol. The number of aryl methyl sites for hydroxylation is 2. The second-order valence-corrected chi connectivity index (χ2v) is 29.2. The number of hydrogen-bond acceptors (Lipinski definition) is 27. The number of ether oxygens (including phenoxy) is 6. The van der Waals surface area contributed by atoms with Gasteiger partial charge in [-0.15, -0.1) is 5.10 Å².